The molecule has 0 aliphatic rings. The van der Waals surface area contributed by atoms with Crippen molar-refractivity contribution in [1.29, 1.82) is 0 Å². The third kappa shape index (κ3) is 3.53. The Morgan fingerprint density at radius 1 is 1.40 bits per heavy atom. The monoisotopic (exact) mass is 291 g/mol. The number of nitrogens with one attached hydrogen (secondary N) is 1. The predicted octanol–water partition coefficient (Wildman–Crippen LogP) is 3.49. The van der Waals surface area contributed by atoms with Crippen LogP contribution < -0.4 is 5.32 Å². The summed E-state index contributed by atoms with van der Waals surface area (Å²) in [6, 6.07) is 10.3. The van der Waals surface area contributed by atoms with Gasteiger partial charge in [-0.3, -0.25) is 15.1 Å². The summed E-state index contributed by atoms with van der Waals surface area (Å²) in [4.78, 5) is 14.4. The van der Waals surface area contributed by atoms with Gasteiger partial charge in [0.1, 0.15) is 0 Å². The number of pyridine rings is 1. The highest BCUT2D eigenvalue weighted by atomic mass is 35.5. The predicted molar refractivity (Wildman–Crippen MR) is 77.6 cm³/mol. The number of nitro benzene ring substituents is 1. The summed E-state index contributed by atoms with van der Waals surface area (Å²) in [6.45, 7) is 2.52. The highest BCUT2D eigenvalue weighted by Gasteiger charge is 2.11. The third-order valence-corrected chi connectivity index (χ3v) is 3.33. The molecule has 2 rings (SSSR count). The van der Waals surface area contributed by atoms with E-state index in [2.05, 4.69) is 10.3 Å². The van der Waals surface area contributed by atoms with Crippen LogP contribution in [0.5, 0.6) is 0 Å². The number of nitrogens with zero attached hydrogens (tertiary/aromatic N) is 2. The number of nitro groups is 1. The molecule has 0 spiro atoms. The number of rotatable bonds is 5. The lowest BCUT2D eigenvalue weighted by atomic mass is 10.1. The second-order valence-electron chi connectivity index (χ2n) is 4.39. The van der Waals surface area contributed by atoms with Gasteiger partial charge in [-0.2, -0.15) is 0 Å². The molecular formula is C14H14ClN3O2. The molecule has 0 fully saturated rings. The van der Waals surface area contributed by atoms with Crippen LogP contribution in [0.1, 0.15) is 24.2 Å². The standard InChI is InChI=1S/C14H14ClN3O2/c1-10(14-4-2-3-7-16-14)17-9-11-5-6-12(18(19)20)8-13(11)15/h2-8,10,17H,9H2,1H3. The van der Waals surface area contributed by atoms with Gasteiger partial charge in [0, 0.05) is 30.9 Å². The fraction of sp³-hybridized carbons (Fsp3) is 0.214. The van der Waals surface area contributed by atoms with Crippen LogP contribution >= 0.6 is 11.6 Å². The minimum absolute atomic E-state index is 0.00322. The number of halogens is 1. The lowest BCUT2D eigenvalue weighted by Crippen LogP contribution is -2.19. The zero-order valence-electron chi connectivity index (χ0n) is 10.9. The topological polar surface area (TPSA) is 68.1 Å². The average Bonchev–Trinajstić information content (AvgIpc) is 2.46. The first-order valence-corrected chi connectivity index (χ1v) is 6.53. The van der Waals surface area contributed by atoms with Gasteiger partial charge in [0.25, 0.3) is 5.69 Å². The van der Waals surface area contributed by atoms with E-state index in [0.29, 0.717) is 11.6 Å². The van der Waals surface area contributed by atoms with E-state index < -0.39 is 4.92 Å². The Balaban J connectivity index is 2.02. The summed E-state index contributed by atoms with van der Waals surface area (Å²) in [5.74, 6) is 0. The van der Waals surface area contributed by atoms with Crippen molar-refractivity contribution in [2.45, 2.75) is 19.5 Å². The first kappa shape index (κ1) is 14.4. The second kappa shape index (κ2) is 6.45. The van der Waals surface area contributed by atoms with Crippen molar-refractivity contribution in [3.05, 3.63) is 69.0 Å². The van der Waals surface area contributed by atoms with Gasteiger partial charge in [-0.25, -0.2) is 0 Å². The molecule has 0 saturated heterocycles. The molecule has 1 atom stereocenters. The maximum atomic E-state index is 10.6. The van der Waals surface area contributed by atoms with Crippen molar-refractivity contribution < 1.29 is 4.92 Å². The highest BCUT2D eigenvalue weighted by molar-refractivity contribution is 6.31. The van der Waals surface area contributed by atoms with E-state index in [4.69, 9.17) is 11.6 Å². The van der Waals surface area contributed by atoms with E-state index in [1.54, 1.807) is 12.3 Å². The van der Waals surface area contributed by atoms with Gasteiger partial charge >= 0.3 is 0 Å². The van der Waals surface area contributed by atoms with Gasteiger partial charge in [-0.05, 0) is 30.7 Å². The zero-order valence-corrected chi connectivity index (χ0v) is 11.7. The van der Waals surface area contributed by atoms with Crippen LogP contribution in [0.15, 0.2) is 42.6 Å². The Morgan fingerprint density at radius 3 is 2.80 bits per heavy atom. The molecule has 1 aromatic heterocycles. The van der Waals surface area contributed by atoms with Gasteiger partial charge in [0.05, 0.1) is 15.6 Å². The largest absolute Gasteiger partial charge is 0.305 e. The Hall–Kier alpha value is -1.98. The Kier molecular flexibility index (Phi) is 4.65. The number of non-ortho nitro benzene ring substituents is 1. The average molecular weight is 292 g/mol. The maximum Gasteiger partial charge on any atom is 0.270 e. The van der Waals surface area contributed by atoms with E-state index in [1.165, 1.54) is 12.1 Å². The van der Waals surface area contributed by atoms with E-state index in [-0.39, 0.29) is 11.7 Å². The number of benzene rings is 1. The summed E-state index contributed by atoms with van der Waals surface area (Å²) in [7, 11) is 0. The molecule has 6 heteroatoms. The van der Waals surface area contributed by atoms with E-state index in [9.17, 15) is 10.1 Å². The molecule has 1 unspecified atom stereocenters. The highest BCUT2D eigenvalue weighted by Crippen LogP contribution is 2.23. The van der Waals surface area contributed by atoms with Crippen molar-refractivity contribution in [2.24, 2.45) is 0 Å². The summed E-state index contributed by atoms with van der Waals surface area (Å²) < 4.78 is 0. The van der Waals surface area contributed by atoms with Gasteiger partial charge in [-0.15, -0.1) is 0 Å². The Bertz CT molecular complexity index is 605. The smallest absolute Gasteiger partial charge is 0.270 e. The van der Waals surface area contributed by atoms with Crippen LogP contribution in [0.25, 0.3) is 0 Å². The molecule has 0 aliphatic carbocycles. The minimum atomic E-state index is -0.459. The molecular weight excluding hydrogens is 278 g/mol. The van der Waals surface area contributed by atoms with Crippen molar-refractivity contribution in [1.82, 2.24) is 10.3 Å². The third-order valence-electron chi connectivity index (χ3n) is 2.98. The molecule has 0 bridgehead atoms. The van der Waals surface area contributed by atoms with Crippen molar-refractivity contribution in [3.63, 3.8) is 0 Å². The summed E-state index contributed by atoms with van der Waals surface area (Å²) in [5, 5.41) is 14.3. The van der Waals surface area contributed by atoms with Crippen molar-refractivity contribution in [3.8, 4) is 0 Å². The van der Waals surface area contributed by atoms with Crippen molar-refractivity contribution in [2.75, 3.05) is 0 Å². The SMILES string of the molecule is CC(NCc1ccc([N+](=O)[O-])cc1Cl)c1ccccn1. The molecule has 0 aliphatic heterocycles. The fourth-order valence-corrected chi connectivity index (χ4v) is 2.03. The lowest BCUT2D eigenvalue weighted by Gasteiger charge is -2.13. The molecule has 20 heavy (non-hydrogen) atoms. The van der Waals surface area contributed by atoms with Crippen LogP contribution in [0, 0.1) is 10.1 Å². The van der Waals surface area contributed by atoms with Crippen LogP contribution in [0.3, 0.4) is 0 Å². The summed E-state index contributed by atoms with van der Waals surface area (Å²) in [5.41, 5.74) is 1.75. The minimum Gasteiger partial charge on any atom is -0.305 e. The molecule has 5 nitrogen and oxygen atoms in total. The molecule has 1 aromatic carbocycles. The zero-order chi connectivity index (χ0) is 14.5. The molecule has 2 aromatic rings. The van der Waals surface area contributed by atoms with Crippen LogP contribution in [-0.4, -0.2) is 9.91 Å². The maximum absolute atomic E-state index is 10.6. The van der Waals surface area contributed by atoms with Gasteiger partial charge in [0.2, 0.25) is 0 Å². The van der Waals surface area contributed by atoms with E-state index in [1.807, 2.05) is 25.1 Å². The molecule has 104 valence electrons. The van der Waals surface area contributed by atoms with E-state index in [0.717, 1.165) is 11.3 Å². The second-order valence-corrected chi connectivity index (χ2v) is 4.80. The number of hydrogen-bond donors (Lipinski definition) is 1. The van der Waals surface area contributed by atoms with Gasteiger partial charge in [-0.1, -0.05) is 17.7 Å². The number of aromatic nitrogens is 1. The van der Waals surface area contributed by atoms with Crippen LogP contribution in [0.2, 0.25) is 5.02 Å². The normalized spacial score (nSPS) is 12.1. The quantitative estimate of drug-likeness (QED) is 0.676. The van der Waals surface area contributed by atoms with Crippen LogP contribution in [0.4, 0.5) is 5.69 Å². The first-order chi connectivity index (χ1) is 9.58. The van der Waals surface area contributed by atoms with Crippen molar-refractivity contribution >= 4 is 17.3 Å². The summed E-state index contributed by atoms with van der Waals surface area (Å²) in [6.07, 6.45) is 1.74. The van der Waals surface area contributed by atoms with Gasteiger partial charge < -0.3 is 5.32 Å². The van der Waals surface area contributed by atoms with Gasteiger partial charge in [0.15, 0.2) is 0 Å². The number of hydrogen-bond acceptors (Lipinski definition) is 4. The summed E-state index contributed by atoms with van der Waals surface area (Å²) >= 11 is 6.04. The fourth-order valence-electron chi connectivity index (χ4n) is 1.79. The molecule has 0 saturated carbocycles. The Labute approximate surface area is 121 Å². The molecule has 0 amide bonds. The van der Waals surface area contributed by atoms with Crippen LogP contribution in [-0.2, 0) is 6.54 Å². The molecule has 1 N–H and O–H groups in total. The molecule has 0 radical (unpaired) electrons. The lowest BCUT2D eigenvalue weighted by molar-refractivity contribution is -0.384. The first-order valence-electron chi connectivity index (χ1n) is 6.15. The molecule has 1 heterocycles. The van der Waals surface area contributed by atoms with E-state index >= 15 is 0 Å². The Morgan fingerprint density at radius 2 is 2.20 bits per heavy atom.